The van der Waals surface area contributed by atoms with Gasteiger partial charge in [-0.15, -0.1) is 12.8 Å². The fourth-order valence-corrected chi connectivity index (χ4v) is 2.11. The normalized spacial score (nSPS) is 13.0. The number of rotatable bonds is 3. The first-order valence-corrected chi connectivity index (χ1v) is 6.09. The summed E-state index contributed by atoms with van der Waals surface area (Å²) in [6, 6.07) is 11.9. The molecule has 20 heavy (non-hydrogen) atoms. The minimum atomic E-state index is -0.383. The Labute approximate surface area is 117 Å². The van der Waals surface area contributed by atoms with E-state index in [1.54, 1.807) is 24.3 Å². The summed E-state index contributed by atoms with van der Waals surface area (Å²) in [7, 11) is 0. The van der Waals surface area contributed by atoms with Crippen LogP contribution in [-0.2, 0) is 0 Å². The van der Waals surface area contributed by atoms with Gasteiger partial charge >= 0.3 is 0 Å². The molecule has 0 amide bonds. The second-order valence-electron chi connectivity index (χ2n) is 4.39. The molecule has 0 N–H and O–H groups in total. The minimum absolute atomic E-state index is 0.330. The zero-order valence-electron chi connectivity index (χ0n) is 10.7. The number of halogens is 2. The van der Waals surface area contributed by atoms with E-state index in [0.29, 0.717) is 0 Å². The van der Waals surface area contributed by atoms with Gasteiger partial charge in [0, 0.05) is 0 Å². The van der Waals surface area contributed by atoms with Crippen molar-refractivity contribution in [3.8, 4) is 24.7 Å². The van der Waals surface area contributed by atoms with Crippen LogP contribution < -0.4 is 0 Å². The van der Waals surface area contributed by atoms with Crippen LogP contribution in [0.5, 0.6) is 0 Å². The van der Waals surface area contributed by atoms with Crippen LogP contribution in [0.4, 0.5) is 8.78 Å². The third kappa shape index (κ3) is 2.87. The van der Waals surface area contributed by atoms with E-state index in [1.165, 1.54) is 24.3 Å². The monoisotopic (exact) mass is 266 g/mol. The van der Waals surface area contributed by atoms with E-state index in [2.05, 4.69) is 11.8 Å². The predicted octanol–water partition coefficient (Wildman–Crippen LogP) is 4.10. The van der Waals surface area contributed by atoms with Crippen molar-refractivity contribution in [1.82, 2.24) is 0 Å². The molecule has 0 bridgehead atoms. The molecule has 2 heteroatoms. The molecule has 0 aromatic heterocycles. The summed E-state index contributed by atoms with van der Waals surface area (Å²) in [5.74, 6) is 3.86. The lowest BCUT2D eigenvalue weighted by Gasteiger charge is -2.19. The molecule has 0 aliphatic rings. The topological polar surface area (TPSA) is 0 Å². The van der Waals surface area contributed by atoms with Crippen LogP contribution in [0.2, 0.25) is 0 Å². The van der Waals surface area contributed by atoms with E-state index >= 15 is 0 Å². The number of hydrogen-bond acceptors (Lipinski definition) is 0. The zero-order valence-corrected chi connectivity index (χ0v) is 10.7. The van der Waals surface area contributed by atoms with Crippen molar-refractivity contribution in [1.29, 1.82) is 0 Å². The molecule has 0 saturated carbocycles. The smallest absolute Gasteiger partial charge is 0.123 e. The fraction of sp³-hybridized carbons (Fsp3) is 0.111. The van der Waals surface area contributed by atoms with Gasteiger partial charge in [-0.25, -0.2) is 8.78 Å². The van der Waals surface area contributed by atoms with Crippen LogP contribution in [0.1, 0.15) is 23.0 Å². The summed E-state index contributed by atoms with van der Waals surface area (Å²) in [6.45, 7) is 0. The van der Waals surface area contributed by atoms with Gasteiger partial charge in [-0.2, -0.15) is 0 Å². The molecule has 0 saturated heterocycles. The van der Waals surface area contributed by atoms with Crippen LogP contribution in [0, 0.1) is 36.3 Å². The minimum Gasteiger partial charge on any atom is -0.207 e. The predicted molar refractivity (Wildman–Crippen MR) is 75.9 cm³/mol. The summed E-state index contributed by atoms with van der Waals surface area (Å²) < 4.78 is 25.9. The first kappa shape index (κ1) is 13.8. The van der Waals surface area contributed by atoms with Crippen LogP contribution in [-0.4, -0.2) is 0 Å². The molecule has 0 aliphatic carbocycles. The second kappa shape index (κ2) is 6.04. The van der Waals surface area contributed by atoms with Gasteiger partial charge < -0.3 is 0 Å². The first-order valence-electron chi connectivity index (χ1n) is 6.09. The molecule has 2 atom stereocenters. The Balaban J connectivity index is 2.38. The summed E-state index contributed by atoms with van der Waals surface area (Å²) in [5.41, 5.74) is 1.53. The van der Waals surface area contributed by atoms with Crippen molar-refractivity contribution < 1.29 is 8.78 Å². The SMILES string of the molecule is C#C[C@H](c1ccc(F)cc1)[C@H](C#C)c1ccc(F)cc1. The summed E-state index contributed by atoms with van der Waals surface area (Å²) in [5, 5.41) is 0. The van der Waals surface area contributed by atoms with Crippen molar-refractivity contribution in [3.05, 3.63) is 71.3 Å². The van der Waals surface area contributed by atoms with Gasteiger partial charge in [-0.1, -0.05) is 36.1 Å². The maximum Gasteiger partial charge on any atom is 0.123 e. The van der Waals surface area contributed by atoms with E-state index in [9.17, 15) is 8.78 Å². The van der Waals surface area contributed by atoms with E-state index in [4.69, 9.17) is 12.8 Å². The van der Waals surface area contributed by atoms with Crippen molar-refractivity contribution in [2.75, 3.05) is 0 Å². The third-order valence-electron chi connectivity index (χ3n) is 3.15. The van der Waals surface area contributed by atoms with Crippen LogP contribution in [0.3, 0.4) is 0 Å². The van der Waals surface area contributed by atoms with Crippen molar-refractivity contribution >= 4 is 0 Å². The molecule has 2 aromatic rings. The van der Waals surface area contributed by atoms with Gasteiger partial charge in [-0.05, 0) is 35.4 Å². The van der Waals surface area contributed by atoms with E-state index in [1.807, 2.05) is 0 Å². The highest BCUT2D eigenvalue weighted by molar-refractivity contribution is 5.39. The van der Waals surface area contributed by atoms with Crippen molar-refractivity contribution in [2.45, 2.75) is 11.8 Å². The van der Waals surface area contributed by atoms with Gasteiger partial charge in [-0.3, -0.25) is 0 Å². The summed E-state index contributed by atoms with van der Waals surface area (Å²) in [4.78, 5) is 0. The fourth-order valence-electron chi connectivity index (χ4n) is 2.11. The first-order chi connectivity index (χ1) is 9.65. The number of terminal acetylenes is 2. The van der Waals surface area contributed by atoms with Gasteiger partial charge in [0.2, 0.25) is 0 Å². The molecule has 0 aliphatic heterocycles. The zero-order chi connectivity index (χ0) is 14.5. The molecule has 0 unspecified atom stereocenters. The quantitative estimate of drug-likeness (QED) is 0.734. The summed E-state index contributed by atoms with van der Waals surface area (Å²) >= 11 is 0. The van der Waals surface area contributed by atoms with E-state index in [-0.39, 0.29) is 23.5 Å². The highest BCUT2D eigenvalue weighted by Crippen LogP contribution is 2.32. The molecule has 0 heterocycles. The highest BCUT2D eigenvalue weighted by atomic mass is 19.1. The Bertz CT molecular complexity index is 593. The number of benzene rings is 2. The standard InChI is InChI=1S/C18H12F2/c1-3-17(13-5-9-15(19)10-6-13)18(4-2)14-7-11-16(20)12-8-14/h1-2,5-12,17-18H/t17-,18-/m1/s1. The summed E-state index contributed by atoms with van der Waals surface area (Å²) in [6.07, 6.45) is 11.1. The lowest BCUT2D eigenvalue weighted by Crippen LogP contribution is -2.08. The highest BCUT2D eigenvalue weighted by Gasteiger charge is 2.21. The Morgan fingerprint density at radius 1 is 0.650 bits per heavy atom. The Hall–Kier alpha value is -2.58. The molecular formula is C18H12F2. The number of hydrogen-bond donors (Lipinski definition) is 0. The maximum absolute atomic E-state index is 13.0. The Morgan fingerprint density at radius 2 is 0.950 bits per heavy atom. The lowest BCUT2D eigenvalue weighted by atomic mass is 9.82. The van der Waals surface area contributed by atoms with E-state index < -0.39 is 0 Å². The van der Waals surface area contributed by atoms with E-state index in [0.717, 1.165) is 11.1 Å². The molecule has 2 rings (SSSR count). The molecule has 2 aromatic carbocycles. The van der Waals surface area contributed by atoms with Crippen molar-refractivity contribution in [2.24, 2.45) is 0 Å². The molecular weight excluding hydrogens is 254 g/mol. The molecule has 98 valence electrons. The maximum atomic E-state index is 13.0. The molecule has 0 fully saturated rings. The van der Waals surface area contributed by atoms with Crippen molar-refractivity contribution in [3.63, 3.8) is 0 Å². The lowest BCUT2D eigenvalue weighted by molar-refractivity contribution is 0.624. The van der Waals surface area contributed by atoms with Crippen LogP contribution in [0.15, 0.2) is 48.5 Å². The van der Waals surface area contributed by atoms with Gasteiger partial charge in [0.25, 0.3) is 0 Å². The van der Waals surface area contributed by atoms with Gasteiger partial charge in [0.05, 0.1) is 11.8 Å². The van der Waals surface area contributed by atoms with Crippen LogP contribution >= 0.6 is 0 Å². The third-order valence-corrected chi connectivity index (χ3v) is 3.15. The average Bonchev–Trinajstić information content (AvgIpc) is 2.47. The largest absolute Gasteiger partial charge is 0.207 e. The van der Waals surface area contributed by atoms with Gasteiger partial charge in [0.1, 0.15) is 11.6 Å². The Kier molecular flexibility index (Phi) is 4.18. The van der Waals surface area contributed by atoms with Gasteiger partial charge in [0.15, 0.2) is 0 Å². The molecule has 0 spiro atoms. The Morgan fingerprint density at radius 3 is 1.20 bits per heavy atom. The second-order valence-corrected chi connectivity index (χ2v) is 4.39. The van der Waals surface area contributed by atoms with Crippen LogP contribution in [0.25, 0.3) is 0 Å². The molecule has 0 radical (unpaired) electrons. The average molecular weight is 266 g/mol. The molecule has 0 nitrogen and oxygen atoms in total.